The van der Waals surface area contributed by atoms with Crippen molar-refractivity contribution in [1.29, 1.82) is 0 Å². The molecule has 1 rings (SSSR count). The van der Waals surface area contributed by atoms with Gasteiger partial charge in [-0.3, -0.25) is 14.9 Å². The molecule has 20 heavy (non-hydrogen) atoms. The Hall–Kier alpha value is -1.71. The summed E-state index contributed by atoms with van der Waals surface area (Å²) in [6, 6.07) is 2.88. The van der Waals surface area contributed by atoms with Crippen molar-refractivity contribution in [1.82, 2.24) is 5.32 Å². The van der Waals surface area contributed by atoms with E-state index in [9.17, 15) is 19.7 Å². The Morgan fingerprint density at radius 1 is 1.50 bits per heavy atom. The molecule has 108 valence electrons. The second-order valence-corrected chi connectivity index (χ2v) is 5.24. The van der Waals surface area contributed by atoms with Crippen LogP contribution in [0.4, 0.5) is 5.69 Å². The zero-order valence-corrected chi connectivity index (χ0v) is 12.8. The summed E-state index contributed by atoms with van der Waals surface area (Å²) in [4.78, 5) is 33.1. The van der Waals surface area contributed by atoms with Crippen LogP contribution < -0.4 is 5.32 Å². The summed E-state index contributed by atoms with van der Waals surface area (Å²) in [6.07, 6.45) is 0.899. The molecule has 7 nitrogen and oxygen atoms in total. The van der Waals surface area contributed by atoms with Crippen molar-refractivity contribution in [3.8, 4) is 0 Å². The van der Waals surface area contributed by atoms with E-state index in [0.29, 0.717) is 16.4 Å². The van der Waals surface area contributed by atoms with E-state index < -0.39 is 22.8 Å². The van der Waals surface area contributed by atoms with E-state index in [-0.39, 0.29) is 11.3 Å². The smallest absolute Gasteiger partial charge is 0.326 e. The summed E-state index contributed by atoms with van der Waals surface area (Å²) in [7, 11) is 0. The third-order valence-electron chi connectivity index (χ3n) is 2.59. The number of carbonyl (C=O) groups is 2. The number of halogens is 1. The number of amides is 1. The minimum absolute atomic E-state index is 0.0992. The van der Waals surface area contributed by atoms with Crippen LogP contribution in [0.1, 0.15) is 30.1 Å². The molecular formula is C12H13IN2O5. The summed E-state index contributed by atoms with van der Waals surface area (Å²) in [5, 5.41) is 22.1. The van der Waals surface area contributed by atoms with Crippen LogP contribution in [-0.4, -0.2) is 27.9 Å². The van der Waals surface area contributed by atoms with E-state index in [4.69, 9.17) is 5.11 Å². The van der Waals surface area contributed by atoms with Crippen molar-refractivity contribution in [2.75, 3.05) is 0 Å². The van der Waals surface area contributed by atoms with Crippen LogP contribution in [0.3, 0.4) is 0 Å². The van der Waals surface area contributed by atoms with Gasteiger partial charge >= 0.3 is 5.97 Å². The predicted molar refractivity (Wildman–Crippen MR) is 79.6 cm³/mol. The van der Waals surface area contributed by atoms with Crippen LogP contribution in [0.5, 0.6) is 0 Å². The Bertz CT molecular complexity index is 547. The highest BCUT2D eigenvalue weighted by Gasteiger charge is 2.22. The second kappa shape index (κ2) is 7.17. The van der Waals surface area contributed by atoms with Gasteiger partial charge in [0.05, 0.1) is 10.5 Å². The van der Waals surface area contributed by atoms with Gasteiger partial charge in [-0.25, -0.2) is 4.79 Å². The van der Waals surface area contributed by atoms with E-state index in [1.165, 1.54) is 12.1 Å². The third-order valence-corrected chi connectivity index (χ3v) is 3.53. The monoisotopic (exact) mass is 392 g/mol. The molecule has 0 saturated carbocycles. The number of hydrogen-bond donors (Lipinski definition) is 2. The molecule has 0 aliphatic rings. The molecule has 0 aliphatic carbocycles. The zero-order chi connectivity index (χ0) is 15.3. The van der Waals surface area contributed by atoms with E-state index >= 15 is 0 Å². The van der Waals surface area contributed by atoms with Gasteiger partial charge in [-0.2, -0.15) is 0 Å². The number of nitrogens with zero attached hydrogens (tertiary/aromatic N) is 1. The lowest BCUT2D eigenvalue weighted by Gasteiger charge is -2.14. The molecule has 1 aromatic rings. The van der Waals surface area contributed by atoms with Gasteiger partial charge in [-0.05, 0) is 35.1 Å². The van der Waals surface area contributed by atoms with E-state index in [1.807, 2.05) is 22.6 Å². The van der Waals surface area contributed by atoms with Crippen molar-refractivity contribution >= 4 is 40.2 Å². The first-order chi connectivity index (χ1) is 9.36. The second-order valence-electron chi connectivity index (χ2n) is 4.07. The van der Waals surface area contributed by atoms with E-state index in [1.54, 1.807) is 6.92 Å². The summed E-state index contributed by atoms with van der Waals surface area (Å²) in [6.45, 7) is 1.80. The molecule has 0 spiro atoms. The lowest BCUT2D eigenvalue weighted by molar-refractivity contribution is -0.384. The quantitative estimate of drug-likeness (QED) is 0.438. The number of carboxylic acids is 1. The molecule has 1 unspecified atom stereocenters. The number of rotatable bonds is 6. The number of nitro groups is 1. The Morgan fingerprint density at radius 2 is 2.15 bits per heavy atom. The molecule has 0 aromatic heterocycles. The lowest BCUT2D eigenvalue weighted by Crippen LogP contribution is -2.40. The average molecular weight is 392 g/mol. The van der Waals surface area contributed by atoms with Gasteiger partial charge in [0.1, 0.15) is 6.04 Å². The maximum Gasteiger partial charge on any atom is 0.326 e. The van der Waals surface area contributed by atoms with Crippen LogP contribution in [0.25, 0.3) is 0 Å². The number of carboxylic acid groups (broad SMARTS) is 1. The van der Waals surface area contributed by atoms with Crippen molar-refractivity contribution in [2.24, 2.45) is 0 Å². The van der Waals surface area contributed by atoms with Gasteiger partial charge < -0.3 is 10.4 Å². The molecule has 0 heterocycles. The van der Waals surface area contributed by atoms with Crippen molar-refractivity contribution in [3.63, 3.8) is 0 Å². The molecule has 1 atom stereocenters. The highest BCUT2D eigenvalue weighted by atomic mass is 127. The maximum atomic E-state index is 12.0. The molecule has 0 radical (unpaired) electrons. The SMILES string of the molecule is CCCC(NC(=O)c1cc([N+](=O)[O-])ccc1I)C(=O)O. The average Bonchev–Trinajstić information content (AvgIpc) is 2.38. The van der Waals surface area contributed by atoms with Crippen molar-refractivity contribution < 1.29 is 19.6 Å². The van der Waals surface area contributed by atoms with Crippen LogP contribution in [0.2, 0.25) is 0 Å². The molecular weight excluding hydrogens is 379 g/mol. The Morgan fingerprint density at radius 3 is 2.65 bits per heavy atom. The fraction of sp³-hybridized carbons (Fsp3) is 0.333. The molecule has 1 aromatic carbocycles. The first-order valence-corrected chi connectivity index (χ1v) is 6.92. The molecule has 0 bridgehead atoms. The Balaban J connectivity index is 2.99. The molecule has 2 N–H and O–H groups in total. The standard InChI is InChI=1S/C12H13IN2O5/c1-2-3-10(12(17)18)14-11(16)8-6-7(15(19)20)4-5-9(8)13/h4-6,10H,2-3H2,1H3,(H,14,16)(H,17,18). The minimum Gasteiger partial charge on any atom is -0.480 e. The highest BCUT2D eigenvalue weighted by Crippen LogP contribution is 2.19. The van der Waals surface area contributed by atoms with Crippen LogP contribution in [0, 0.1) is 13.7 Å². The number of benzene rings is 1. The molecule has 0 saturated heterocycles. The number of carbonyl (C=O) groups excluding carboxylic acids is 1. The number of nitro benzene ring substituents is 1. The lowest BCUT2D eigenvalue weighted by atomic mass is 10.1. The van der Waals surface area contributed by atoms with E-state index in [2.05, 4.69) is 5.32 Å². The van der Waals surface area contributed by atoms with Gasteiger partial charge in [0.2, 0.25) is 0 Å². The molecule has 8 heteroatoms. The fourth-order valence-electron chi connectivity index (χ4n) is 1.58. The molecule has 0 fully saturated rings. The largest absolute Gasteiger partial charge is 0.480 e. The number of nitrogens with one attached hydrogen (secondary N) is 1. The zero-order valence-electron chi connectivity index (χ0n) is 10.6. The first-order valence-electron chi connectivity index (χ1n) is 5.84. The van der Waals surface area contributed by atoms with Gasteiger partial charge in [0.25, 0.3) is 11.6 Å². The predicted octanol–water partition coefficient (Wildman–Crippen LogP) is 2.18. The number of hydrogen-bond acceptors (Lipinski definition) is 4. The van der Waals surface area contributed by atoms with E-state index in [0.717, 1.165) is 6.07 Å². The Labute approximate surface area is 128 Å². The third kappa shape index (κ3) is 4.15. The van der Waals surface area contributed by atoms with Crippen LogP contribution in [0.15, 0.2) is 18.2 Å². The van der Waals surface area contributed by atoms with Crippen LogP contribution in [-0.2, 0) is 4.79 Å². The Kier molecular flexibility index (Phi) is 5.86. The maximum absolute atomic E-state index is 12.0. The number of aliphatic carboxylic acids is 1. The topological polar surface area (TPSA) is 110 Å². The summed E-state index contributed by atoms with van der Waals surface area (Å²) in [5.41, 5.74) is -0.111. The fourth-order valence-corrected chi connectivity index (χ4v) is 2.16. The molecule has 0 aliphatic heterocycles. The number of non-ortho nitro benzene ring substituents is 1. The van der Waals surface area contributed by atoms with Gasteiger partial charge in [0, 0.05) is 15.7 Å². The minimum atomic E-state index is -1.12. The van der Waals surface area contributed by atoms with Crippen molar-refractivity contribution in [3.05, 3.63) is 37.4 Å². The normalized spacial score (nSPS) is 11.7. The van der Waals surface area contributed by atoms with Crippen LogP contribution >= 0.6 is 22.6 Å². The summed E-state index contributed by atoms with van der Waals surface area (Å²) in [5.74, 6) is -1.75. The molecule has 1 amide bonds. The van der Waals surface area contributed by atoms with Gasteiger partial charge in [0.15, 0.2) is 0 Å². The van der Waals surface area contributed by atoms with Crippen molar-refractivity contribution in [2.45, 2.75) is 25.8 Å². The first kappa shape index (κ1) is 16.3. The summed E-state index contributed by atoms with van der Waals surface area (Å²) < 4.78 is 0.520. The van der Waals surface area contributed by atoms with Gasteiger partial charge in [-0.15, -0.1) is 0 Å². The summed E-state index contributed by atoms with van der Waals surface area (Å²) >= 11 is 1.87. The highest BCUT2D eigenvalue weighted by molar-refractivity contribution is 14.1. The van der Waals surface area contributed by atoms with Gasteiger partial charge in [-0.1, -0.05) is 13.3 Å².